The normalized spacial score (nSPS) is 24.7. The molecule has 6 heteroatoms. The van der Waals surface area contributed by atoms with Crippen LogP contribution >= 0.6 is 12.4 Å². The second-order valence-corrected chi connectivity index (χ2v) is 6.32. The third-order valence-corrected chi connectivity index (χ3v) is 4.77. The fraction of sp³-hybridized carbons (Fsp3) is 0.875. The highest BCUT2D eigenvalue weighted by Gasteiger charge is 2.38. The number of carbonyl (C=O) groups excluding carboxylic acids is 2. The highest BCUT2D eigenvalue weighted by Crippen LogP contribution is 2.32. The summed E-state index contributed by atoms with van der Waals surface area (Å²) in [6.45, 7) is 3.09. The molecule has 2 rings (SSSR count). The largest absolute Gasteiger partial charge is 0.356 e. The summed E-state index contributed by atoms with van der Waals surface area (Å²) >= 11 is 0. The van der Waals surface area contributed by atoms with Crippen LogP contribution in [0.3, 0.4) is 0 Å². The smallest absolute Gasteiger partial charge is 0.226 e. The van der Waals surface area contributed by atoms with E-state index in [1.807, 2.05) is 4.90 Å². The number of nitrogens with zero attached hydrogens (tertiary/aromatic N) is 1. The lowest BCUT2D eigenvalue weighted by Gasteiger charge is -2.32. The van der Waals surface area contributed by atoms with Crippen molar-refractivity contribution in [2.24, 2.45) is 17.6 Å². The Morgan fingerprint density at radius 2 is 1.64 bits per heavy atom. The van der Waals surface area contributed by atoms with Gasteiger partial charge in [-0.25, -0.2) is 0 Å². The van der Waals surface area contributed by atoms with Gasteiger partial charge >= 0.3 is 0 Å². The van der Waals surface area contributed by atoms with E-state index >= 15 is 0 Å². The van der Waals surface area contributed by atoms with Crippen molar-refractivity contribution < 1.29 is 9.59 Å². The zero-order valence-electron chi connectivity index (χ0n) is 13.4. The number of hydrogen-bond acceptors (Lipinski definition) is 3. The van der Waals surface area contributed by atoms with E-state index in [0.717, 1.165) is 64.5 Å². The Kier molecular flexibility index (Phi) is 8.79. The van der Waals surface area contributed by atoms with Gasteiger partial charge in [0.25, 0.3) is 0 Å². The van der Waals surface area contributed by atoms with E-state index in [4.69, 9.17) is 5.73 Å². The number of carbonyl (C=O) groups is 2. The molecule has 128 valence electrons. The van der Waals surface area contributed by atoms with Gasteiger partial charge in [-0.05, 0) is 45.1 Å². The van der Waals surface area contributed by atoms with Gasteiger partial charge in [0.15, 0.2) is 0 Å². The van der Waals surface area contributed by atoms with E-state index in [1.165, 1.54) is 0 Å². The molecule has 0 bridgehead atoms. The van der Waals surface area contributed by atoms with Crippen LogP contribution in [0.15, 0.2) is 0 Å². The van der Waals surface area contributed by atoms with Gasteiger partial charge in [-0.1, -0.05) is 12.8 Å². The predicted molar refractivity (Wildman–Crippen MR) is 89.8 cm³/mol. The second kappa shape index (κ2) is 10.1. The van der Waals surface area contributed by atoms with Crippen LogP contribution in [-0.2, 0) is 9.59 Å². The molecule has 0 aromatic heterocycles. The van der Waals surface area contributed by atoms with E-state index in [-0.39, 0.29) is 36.1 Å². The number of hydrogen-bond donors (Lipinski definition) is 2. The first-order chi connectivity index (χ1) is 10.2. The van der Waals surface area contributed by atoms with Crippen LogP contribution in [0.1, 0.15) is 51.4 Å². The fourth-order valence-electron chi connectivity index (χ4n) is 3.52. The van der Waals surface area contributed by atoms with E-state index < -0.39 is 0 Å². The Morgan fingerprint density at radius 1 is 1.00 bits per heavy atom. The monoisotopic (exact) mass is 331 g/mol. The minimum atomic E-state index is -0.121. The highest BCUT2D eigenvalue weighted by atomic mass is 35.5. The van der Waals surface area contributed by atoms with Crippen molar-refractivity contribution in [1.82, 2.24) is 10.2 Å². The van der Waals surface area contributed by atoms with Crippen molar-refractivity contribution in [2.75, 3.05) is 26.2 Å². The average Bonchev–Trinajstić information content (AvgIpc) is 3.05. The molecular weight excluding hydrogens is 302 g/mol. The summed E-state index contributed by atoms with van der Waals surface area (Å²) in [5, 5.41) is 3.00. The predicted octanol–water partition coefficient (Wildman–Crippen LogP) is 1.69. The number of amides is 2. The summed E-state index contributed by atoms with van der Waals surface area (Å²) in [4.78, 5) is 27.0. The maximum absolute atomic E-state index is 12.6. The molecule has 0 spiro atoms. The van der Waals surface area contributed by atoms with Crippen LogP contribution in [0.25, 0.3) is 0 Å². The molecule has 2 fully saturated rings. The van der Waals surface area contributed by atoms with Gasteiger partial charge < -0.3 is 16.0 Å². The molecule has 22 heavy (non-hydrogen) atoms. The van der Waals surface area contributed by atoms with Crippen molar-refractivity contribution in [3.8, 4) is 0 Å². The van der Waals surface area contributed by atoms with Crippen molar-refractivity contribution in [1.29, 1.82) is 0 Å². The van der Waals surface area contributed by atoms with Crippen LogP contribution in [0.2, 0.25) is 0 Å². The van der Waals surface area contributed by atoms with E-state index in [0.29, 0.717) is 13.1 Å². The molecule has 2 amide bonds. The van der Waals surface area contributed by atoms with Crippen molar-refractivity contribution in [2.45, 2.75) is 51.4 Å². The topological polar surface area (TPSA) is 75.4 Å². The van der Waals surface area contributed by atoms with Crippen LogP contribution in [0, 0.1) is 11.8 Å². The van der Waals surface area contributed by atoms with Gasteiger partial charge in [0.05, 0.1) is 0 Å². The summed E-state index contributed by atoms with van der Waals surface area (Å²) in [5.74, 6) is 0.0784. The zero-order valence-corrected chi connectivity index (χ0v) is 14.2. The molecule has 1 saturated heterocycles. The van der Waals surface area contributed by atoms with Crippen molar-refractivity contribution in [3.63, 3.8) is 0 Å². The Bertz CT molecular complexity index is 359. The molecule has 0 aromatic carbocycles. The zero-order chi connectivity index (χ0) is 15.1. The first-order valence-corrected chi connectivity index (χ1v) is 8.50. The molecule has 0 aromatic rings. The molecule has 1 aliphatic carbocycles. The molecule has 1 heterocycles. The second-order valence-electron chi connectivity index (χ2n) is 6.32. The quantitative estimate of drug-likeness (QED) is 0.727. The van der Waals surface area contributed by atoms with Crippen LogP contribution in [0.4, 0.5) is 0 Å². The summed E-state index contributed by atoms with van der Waals surface area (Å²) in [5.41, 5.74) is 5.46. The Hall–Kier alpha value is -0.810. The molecule has 2 unspecified atom stereocenters. The molecule has 2 atom stereocenters. The van der Waals surface area contributed by atoms with Gasteiger partial charge in [-0.3, -0.25) is 9.59 Å². The molecule has 5 nitrogen and oxygen atoms in total. The van der Waals surface area contributed by atoms with Crippen LogP contribution < -0.4 is 11.1 Å². The summed E-state index contributed by atoms with van der Waals surface area (Å²) in [7, 11) is 0. The SMILES string of the molecule is Cl.NCCCCNC(=O)C1CCCCC1C(=O)N1CCCC1. The van der Waals surface area contributed by atoms with E-state index in [9.17, 15) is 9.59 Å². The van der Waals surface area contributed by atoms with Gasteiger partial charge in [0.1, 0.15) is 0 Å². The van der Waals surface area contributed by atoms with E-state index in [2.05, 4.69) is 5.32 Å². The molecule has 1 aliphatic heterocycles. The first-order valence-electron chi connectivity index (χ1n) is 8.50. The Morgan fingerprint density at radius 3 is 2.27 bits per heavy atom. The first kappa shape index (κ1) is 19.2. The number of nitrogens with one attached hydrogen (secondary N) is 1. The van der Waals surface area contributed by atoms with Crippen LogP contribution in [0.5, 0.6) is 0 Å². The minimum absolute atomic E-state index is 0. The third kappa shape index (κ3) is 5.13. The maximum Gasteiger partial charge on any atom is 0.226 e. The lowest BCUT2D eigenvalue weighted by atomic mass is 9.78. The van der Waals surface area contributed by atoms with E-state index in [1.54, 1.807) is 0 Å². The molecule has 0 radical (unpaired) electrons. The summed E-state index contributed by atoms with van der Waals surface area (Å²) in [6, 6.07) is 0. The fourth-order valence-corrected chi connectivity index (χ4v) is 3.52. The Balaban J connectivity index is 0.00000242. The maximum atomic E-state index is 12.6. The summed E-state index contributed by atoms with van der Waals surface area (Å²) < 4.78 is 0. The number of rotatable bonds is 6. The number of unbranched alkanes of at least 4 members (excludes halogenated alkanes) is 1. The lowest BCUT2D eigenvalue weighted by molar-refractivity contribution is -0.142. The van der Waals surface area contributed by atoms with Crippen molar-refractivity contribution >= 4 is 24.2 Å². The summed E-state index contributed by atoms with van der Waals surface area (Å²) in [6.07, 6.45) is 7.92. The van der Waals surface area contributed by atoms with Crippen LogP contribution in [-0.4, -0.2) is 42.9 Å². The number of halogens is 1. The van der Waals surface area contributed by atoms with Gasteiger partial charge in [0, 0.05) is 31.5 Å². The third-order valence-electron chi connectivity index (χ3n) is 4.77. The Labute approximate surface area is 139 Å². The standard InChI is InChI=1S/C16H29N3O2.ClH/c17-9-3-4-10-18-15(20)13-7-1-2-8-14(13)16(21)19-11-5-6-12-19;/h13-14H,1-12,17H2,(H,18,20);1H. The molecule has 1 saturated carbocycles. The van der Waals surface area contributed by atoms with Gasteiger partial charge in [0.2, 0.25) is 11.8 Å². The minimum Gasteiger partial charge on any atom is -0.356 e. The number of likely N-dealkylation sites (tertiary alicyclic amines) is 1. The van der Waals surface area contributed by atoms with Gasteiger partial charge in [-0.2, -0.15) is 0 Å². The van der Waals surface area contributed by atoms with Crippen molar-refractivity contribution in [3.05, 3.63) is 0 Å². The number of nitrogens with two attached hydrogens (primary N) is 1. The molecule has 3 N–H and O–H groups in total. The lowest BCUT2D eigenvalue weighted by Crippen LogP contribution is -2.44. The average molecular weight is 332 g/mol. The molecular formula is C16H30ClN3O2. The highest BCUT2D eigenvalue weighted by molar-refractivity contribution is 5.88. The van der Waals surface area contributed by atoms with Gasteiger partial charge in [-0.15, -0.1) is 12.4 Å². The molecule has 2 aliphatic rings.